The van der Waals surface area contributed by atoms with Crippen LogP contribution in [-0.4, -0.2) is 27.4 Å². The van der Waals surface area contributed by atoms with Crippen molar-refractivity contribution in [3.05, 3.63) is 0 Å². The van der Waals surface area contributed by atoms with Crippen molar-refractivity contribution in [1.29, 1.82) is 0 Å². The van der Waals surface area contributed by atoms with Gasteiger partial charge in [-0.3, -0.25) is 0 Å². The van der Waals surface area contributed by atoms with Gasteiger partial charge in [-0.15, -0.1) is 0 Å². The molecule has 0 aromatic carbocycles. The van der Waals surface area contributed by atoms with E-state index in [1.807, 2.05) is 13.1 Å². The van der Waals surface area contributed by atoms with E-state index in [2.05, 4.69) is 20.8 Å². The summed E-state index contributed by atoms with van der Waals surface area (Å²) in [6.07, 6.45) is -2.50. The van der Waals surface area contributed by atoms with Crippen molar-refractivity contribution in [3.8, 4) is 0 Å². The summed E-state index contributed by atoms with van der Waals surface area (Å²) in [6, 6.07) is -1.16. The summed E-state index contributed by atoms with van der Waals surface area (Å²) < 4.78 is 29.8. The zero-order valence-corrected chi connectivity index (χ0v) is 10.6. The normalized spacial score (nSPS) is 16.1. The quantitative estimate of drug-likeness (QED) is 0.746. The molecule has 0 bridgehead atoms. The zero-order chi connectivity index (χ0) is 11.6. The second-order valence-electron chi connectivity index (χ2n) is 5.07. The van der Waals surface area contributed by atoms with E-state index in [0.29, 0.717) is 0 Å². The summed E-state index contributed by atoms with van der Waals surface area (Å²) >= 11 is 0. The van der Waals surface area contributed by atoms with Gasteiger partial charge in [0.2, 0.25) is 0 Å². The molecule has 0 heterocycles. The fourth-order valence-electron chi connectivity index (χ4n) is 0.594. The summed E-state index contributed by atoms with van der Waals surface area (Å²) in [5.74, 6) is 0. The Morgan fingerprint density at radius 2 is 1.71 bits per heavy atom. The maximum absolute atomic E-state index is 12.1. The van der Waals surface area contributed by atoms with Crippen molar-refractivity contribution in [2.75, 3.05) is 6.61 Å². The SMILES string of the molecule is CC(C)(C)[Si](C)(C)OC[C@@H](N)C(F)F. The van der Waals surface area contributed by atoms with Gasteiger partial charge in [-0.1, -0.05) is 20.8 Å². The van der Waals surface area contributed by atoms with Gasteiger partial charge in [-0.05, 0) is 18.1 Å². The van der Waals surface area contributed by atoms with Crippen LogP contribution in [0.3, 0.4) is 0 Å². The molecule has 0 aliphatic carbocycles. The van der Waals surface area contributed by atoms with Crippen LogP contribution in [-0.2, 0) is 4.43 Å². The molecule has 0 amide bonds. The molecule has 5 heteroatoms. The second kappa shape index (κ2) is 4.68. The van der Waals surface area contributed by atoms with Crippen LogP contribution in [0.5, 0.6) is 0 Å². The minimum absolute atomic E-state index is 0.0365. The highest BCUT2D eigenvalue weighted by Crippen LogP contribution is 2.36. The third kappa shape index (κ3) is 4.02. The summed E-state index contributed by atoms with van der Waals surface area (Å²) in [5.41, 5.74) is 5.21. The molecule has 2 nitrogen and oxygen atoms in total. The molecule has 0 aliphatic rings. The molecule has 0 saturated heterocycles. The lowest BCUT2D eigenvalue weighted by Gasteiger charge is -2.36. The Hall–Kier alpha value is -0.00312. The summed E-state index contributed by atoms with van der Waals surface area (Å²) in [6.45, 7) is 10.2. The molecule has 0 aliphatic heterocycles. The number of rotatable bonds is 4. The molecule has 1 atom stereocenters. The molecule has 0 rings (SSSR count). The van der Waals surface area contributed by atoms with Gasteiger partial charge in [0, 0.05) is 0 Å². The zero-order valence-electron chi connectivity index (χ0n) is 9.60. The number of alkyl halides is 2. The molecule has 0 radical (unpaired) electrons. The second-order valence-corrected chi connectivity index (χ2v) is 9.88. The highest BCUT2D eigenvalue weighted by Gasteiger charge is 2.37. The molecular formula is C9H21F2NOSi. The lowest BCUT2D eigenvalue weighted by molar-refractivity contribution is 0.0862. The topological polar surface area (TPSA) is 35.2 Å². The largest absolute Gasteiger partial charge is 0.415 e. The Bertz CT molecular complexity index is 180. The van der Waals surface area contributed by atoms with Gasteiger partial charge in [0.1, 0.15) is 0 Å². The molecule has 86 valence electrons. The predicted molar refractivity (Wildman–Crippen MR) is 57.1 cm³/mol. The molecule has 0 fully saturated rings. The maximum Gasteiger partial charge on any atom is 0.255 e. The molecule has 0 saturated carbocycles. The highest BCUT2D eigenvalue weighted by atomic mass is 28.4. The van der Waals surface area contributed by atoms with Gasteiger partial charge in [-0.25, -0.2) is 8.78 Å². The first-order chi connectivity index (χ1) is 6.08. The van der Waals surface area contributed by atoms with E-state index in [9.17, 15) is 8.78 Å². The fourth-order valence-corrected chi connectivity index (χ4v) is 1.64. The molecule has 0 aromatic heterocycles. The van der Waals surface area contributed by atoms with Crippen LogP contribution in [0.4, 0.5) is 8.78 Å². The number of nitrogens with two attached hydrogens (primary N) is 1. The molecule has 2 N–H and O–H groups in total. The van der Waals surface area contributed by atoms with Gasteiger partial charge in [0.25, 0.3) is 6.43 Å². The highest BCUT2D eigenvalue weighted by molar-refractivity contribution is 6.74. The molecule has 0 spiro atoms. The summed E-state index contributed by atoms with van der Waals surface area (Å²) in [5, 5.41) is 0.0365. The van der Waals surface area contributed by atoms with E-state index >= 15 is 0 Å². The van der Waals surface area contributed by atoms with Crippen molar-refractivity contribution in [2.24, 2.45) is 5.73 Å². The van der Waals surface area contributed by atoms with Crippen LogP contribution in [0.1, 0.15) is 20.8 Å². The van der Waals surface area contributed by atoms with Crippen molar-refractivity contribution >= 4 is 8.32 Å². The Morgan fingerprint density at radius 1 is 1.29 bits per heavy atom. The van der Waals surface area contributed by atoms with Crippen molar-refractivity contribution in [2.45, 2.75) is 51.4 Å². The van der Waals surface area contributed by atoms with Gasteiger partial charge >= 0.3 is 0 Å². The smallest absolute Gasteiger partial charge is 0.255 e. The van der Waals surface area contributed by atoms with Crippen LogP contribution >= 0.6 is 0 Å². The third-order valence-electron chi connectivity index (χ3n) is 2.77. The van der Waals surface area contributed by atoms with Gasteiger partial charge < -0.3 is 10.2 Å². The monoisotopic (exact) mass is 225 g/mol. The van der Waals surface area contributed by atoms with Crippen LogP contribution in [0.15, 0.2) is 0 Å². The van der Waals surface area contributed by atoms with E-state index in [4.69, 9.17) is 10.2 Å². The third-order valence-corrected chi connectivity index (χ3v) is 7.27. The Kier molecular flexibility index (Phi) is 4.68. The maximum atomic E-state index is 12.1. The summed E-state index contributed by atoms with van der Waals surface area (Å²) in [4.78, 5) is 0. The van der Waals surface area contributed by atoms with Crippen molar-refractivity contribution in [3.63, 3.8) is 0 Å². The Morgan fingerprint density at radius 3 is 2.00 bits per heavy atom. The first-order valence-electron chi connectivity index (χ1n) is 4.75. The minimum atomic E-state index is -2.50. The Balaban J connectivity index is 4.13. The van der Waals surface area contributed by atoms with Gasteiger partial charge in [-0.2, -0.15) is 0 Å². The number of hydrogen-bond acceptors (Lipinski definition) is 2. The van der Waals surface area contributed by atoms with E-state index in [-0.39, 0.29) is 11.6 Å². The summed E-state index contributed by atoms with van der Waals surface area (Å²) in [7, 11) is -1.93. The van der Waals surface area contributed by atoms with E-state index in [1.54, 1.807) is 0 Å². The van der Waals surface area contributed by atoms with Crippen LogP contribution in [0.2, 0.25) is 18.1 Å². The van der Waals surface area contributed by atoms with Gasteiger partial charge in [0.15, 0.2) is 8.32 Å². The molecule has 0 unspecified atom stereocenters. The first kappa shape index (κ1) is 14.0. The molecule has 0 aromatic rings. The Labute approximate surface area is 85.9 Å². The first-order valence-corrected chi connectivity index (χ1v) is 7.66. The van der Waals surface area contributed by atoms with Crippen molar-refractivity contribution < 1.29 is 13.2 Å². The lowest BCUT2D eigenvalue weighted by atomic mass is 10.2. The van der Waals surface area contributed by atoms with E-state index in [1.165, 1.54) is 0 Å². The molecular weight excluding hydrogens is 204 g/mol. The average molecular weight is 225 g/mol. The number of hydrogen-bond donors (Lipinski definition) is 1. The van der Waals surface area contributed by atoms with Gasteiger partial charge in [0.05, 0.1) is 12.6 Å². The lowest BCUT2D eigenvalue weighted by Crippen LogP contribution is -2.45. The minimum Gasteiger partial charge on any atom is -0.415 e. The average Bonchev–Trinajstić information content (AvgIpc) is 1.97. The van der Waals surface area contributed by atoms with Crippen LogP contribution in [0.25, 0.3) is 0 Å². The standard InChI is InChI=1S/C9H21F2NOSi/c1-9(2,3)14(4,5)13-6-7(12)8(10)11/h7-8H,6,12H2,1-5H3/t7-/m1/s1. The fraction of sp³-hybridized carbons (Fsp3) is 1.00. The molecule has 14 heavy (non-hydrogen) atoms. The van der Waals surface area contributed by atoms with Crippen LogP contribution in [0, 0.1) is 0 Å². The number of halogens is 2. The van der Waals surface area contributed by atoms with Crippen molar-refractivity contribution in [1.82, 2.24) is 0 Å². The van der Waals surface area contributed by atoms with E-state index in [0.717, 1.165) is 0 Å². The van der Waals surface area contributed by atoms with E-state index < -0.39 is 20.8 Å². The van der Waals surface area contributed by atoms with Crippen LogP contribution < -0.4 is 5.73 Å². The predicted octanol–water partition coefficient (Wildman–Crippen LogP) is 2.60.